The van der Waals surface area contributed by atoms with E-state index in [2.05, 4.69) is 26.5 Å². The summed E-state index contributed by atoms with van der Waals surface area (Å²) < 4.78 is 6.23. The van der Waals surface area contributed by atoms with Crippen molar-refractivity contribution in [2.24, 2.45) is 5.10 Å². The highest BCUT2D eigenvalue weighted by molar-refractivity contribution is 9.10. The molecule has 1 N–H and O–H groups in total. The van der Waals surface area contributed by atoms with Crippen LogP contribution < -0.4 is 10.2 Å². The Kier molecular flexibility index (Phi) is 6.57. The summed E-state index contributed by atoms with van der Waals surface area (Å²) >= 11 is 9.37. The highest BCUT2D eigenvalue weighted by Crippen LogP contribution is 2.23. The van der Waals surface area contributed by atoms with E-state index in [1.807, 2.05) is 6.07 Å². The minimum atomic E-state index is -0.488. The number of ether oxygens (including phenoxy) is 1. The van der Waals surface area contributed by atoms with Crippen LogP contribution in [-0.4, -0.2) is 18.1 Å². The van der Waals surface area contributed by atoms with Crippen molar-refractivity contribution in [2.45, 2.75) is 0 Å². The van der Waals surface area contributed by atoms with E-state index in [0.29, 0.717) is 27.5 Å². The molecule has 0 aromatic heterocycles. The first kappa shape index (κ1) is 19.8. The fourth-order valence-corrected chi connectivity index (χ4v) is 2.91. The van der Waals surface area contributed by atoms with E-state index in [1.165, 1.54) is 6.21 Å². The first-order chi connectivity index (χ1) is 13.5. The van der Waals surface area contributed by atoms with E-state index < -0.39 is 11.9 Å². The van der Waals surface area contributed by atoms with Crippen LogP contribution in [0.4, 0.5) is 0 Å². The number of amides is 1. The lowest BCUT2D eigenvalue weighted by Gasteiger charge is -2.08. The largest absolute Gasteiger partial charge is 0.422 e. The van der Waals surface area contributed by atoms with Crippen molar-refractivity contribution in [1.29, 1.82) is 0 Å². The number of hydrogen-bond acceptors (Lipinski definition) is 4. The third-order valence-corrected chi connectivity index (χ3v) is 4.50. The summed E-state index contributed by atoms with van der Waals surface area (Å²) in [7, 11) is 0. The first-order valence-electron chi connectivity index (χ1n) is 8.19. The molecule has 0 aliphatic heterocycles. The second kappa shape index (κ2) is 9.30. The van der Waals surface area contributed by atoms with E-state index in [9.17, 15) is 9.59 Å². The van der Waals surface area contributed by atoms with Crippen molar-refractivity contribution in [3.05, 3.63) is 99.0 Å². The summed E-state index contributed by atoms with van der Waals surface area (Å²) in [5.74, 6) is -0.620. The number of carbonyl (C=O) groups is 2. The third kappa shape index (κ3) is 5.06. The van der Waals surface area contributed by atoms with Crippen LogP contribution in [0.5, 0.6) is 5.75 Å². The van der Waals surface area contributed by atoms with Crippen molar-refractivity contribution in [2.75, 3.05) is 0 Å². The number of nitrogens with one attached hydrogen (secondary N) is 1. The van der Waals surface area contributed by atoms with Crippen LogP contribution >= 0.6 is 27.5 Å². The Morgan fingerprint density at radius 2 is 1.71 bits per heavy atom. The first-order valence-corrected chi connectivity index (χ1v) is 9.36. The van der Waals surface area contributed by atoms with Gasteiger partial charge in [0.1, 0.15) is 5.75 Å². The fourth-order valence-electron chi connectivity index (χ4n) is 2.31. The summed E-state index contributed by atoms with van der Waals surface area (Å²) in [4.78, 5) is 24.5. The highest BCUT2D eigenvalue weighted by atomic mass is 79.9. The summed E-state index contributed by atoms with van der Waals surface area (Å²) in [6.45, 7) is 0. The number of nitrogens with zero attached hydrogens (tertiary/aromatic N) is 1. The van der Waals surface area contributed by atoms with Gasteiger partial charge in [0, 0.05) is 10.0 Å². The predicted octanol–water partition coefficient (Wildman–Crippen LogP) is 5.09. The second-order valence-electron chi connectivity index (χ2n) is 5.62. The van der Waals surface area contributed by atoms with Gasteiger partial charge in [0.2, 0.25) is 0 Å². The van der Waals surface area contributed by atoms with Gasteiger partial charge in [0.25, 0.3) is 5.91 Å². The summed E-state index contributed by atoms with van der Waals surface area (Å²) in [5.41, 5.74) is 3.66. The standard InChI is InChI=1S/C21H14BrClN2O3/c22-16-10-11-19(28-21(27)14-6-2-1-3-7-14)15(12-16)13-24-25-20(26)17-8-4-5-9-18(17)23/h1-13H,(H,25,26). The zero-order chi connectivity index (χ0) is 19.9. The van der Waals surface area contributed by atoms with Gasteiger partial charge in [-0.2, -0.15) is 5.10 Å². The van der Waals surface area contributed by atoms with E-state index in [1.54, 1.807) is 66.7 Å². The molecule has 3 aromatic rings. The molecule has 0 aliphatic carbocycles. The zero-order valence-corrected chi connectivity index (χ0v) is 16.8. The Bertz CT molecular complexity index is 1040. The SMILES string of the molecule is O=C(Oc1ccc(Br)cc1C=NNC(=O)c1ccccc1Cl)c1ccccc1. The molecule has 0 saturated heterocycles. The van der Waals surface area contributed by atoms with Crippen LogP contribution in [-0.2, 0) is 0 Å². The van der Waals surface area contributed by atoms with Gasteiger partial charge in [-0.25, -0.2) is 10.2 Å². The minimum Gasteiger partial charge on any atom is -0.422 e. The molecule has 0 bridgehead atoms. The lowest BCUT2D eigenvalue weighted by molar-refractivity contribution is 0.0734. The van der Waals surface area contributed by atoms with Crippen LogP contribution in [0.1, 0.15) is 26.3 Å². The number of esters is 1. The number of hydrazone groups is 1. The molecule has 0 heterocycles. The second-order valence-corrected chi connectivity index (χ2v) is 6.94. The highest BCUT2D eigenvalue weighted by Gasteiger charge is 2.12. The Hall–Kier alpha value is -2.96. The van der Waals surface area contributed by atoms with Crippen molar-refractivity contribution in [1.82, 2.24) is 5.43 Å². The Balaban J connectivity index is 1.75. The molecule has 0 fully saturated rings. The van der Waals surface area contributed by atoms with Crippen LogP contribution in [0.2, 0.25) is 5.02 Å². The molecule has 1 amide bonds. The Labute approximate surface area is 175 Å². The van der Waals surface area contributed by atoms with E-state index in [4.69, 9.17) is 16.3 Å². The fraction of sp³-hybridized carbons (Fsp3) is 0. The lowest BCUT2D eigenvalue weighted by Crippen LogP contribution is -2.18. The Morgan fingerprint density at radius 1 is 1.00 bits per heavy atom. The Morgan fingerprint density at radius 3 is 2.46 bits per heavy atom. The molecule has 0 spiro atoms. The molecule has 0 radical (unpaired) electrons. The zero-order valence-electron chi connectivity index (χ0n) is 14.4. The molecule has 0 saturated carbocycles. The molecule has 0 aliphatic rings. The summed E-state index contributed by atoms with van der Waals surface area (Å²) in [6.07, 6.45) is 1.40. The van der Waals surface area contributed by atoms with Gasteiger partial charge < -0.3 is 4.74 Å². The topological polar surface area (TPSA) is 67.8 Å². The predicted molar refractivity (Wildman–Crippen MR) is 112 cm³/mol. The minimum absolute atomic E-state index is 0.311. The number of benzene rings is 3. The van der Waals surface area contributed by atoms with Gasteiger partial charge in [-0.05, 0) is 42.5 Å². The number of carbonyl (C=O) groups excluding carboxylic acids is 2. The third-order valence-electron chi connectivity index (χ3n) is 3.67. The molecule has 5 nitrogen and oxygen atoms in total. The average Bonchev–Trinajstić information content (AvgIpc) is 2.70. The van der Waals surface area contributed by atoms with E-state index in [0.717, 1.165) is 4.47 Å². The van der Waals surface area contributed by atoms with Gasteiger partial charge >= 0.3 is 5.97 Å². The maximum atomic E-state index is 12.3. The van der Waals surface area contributed by atoms with Crippen LogP contribution in [0, 0.1) is 0 Å². The molecular formula is C21H14BrClN2O3. The maximum Gasteiger partial charge on any atom is 0.343 e. The molecule has 28 heavy (non-hydrogen) atoms. The van der Waals surface area contributed by atoms with Crippen LogP contribution in [0.25, 0.3) is 0 Å². The maximum absolute atomic E-state index is 12.3. The molecule has 7 heteroatoms. The van der Waals surface area contributed by atoms with Gasteiger partial charge in [0.05, 0.1) is 22.4 Å². The molecule has 0 atom stereocenters. The van der Waals surface area contributed by atoms with Crippen LogP contribution in [0.15, 0.2) is 82.4 Å². The quantitative estimate of drug-likeness (QED) is 0.251. The van der Waals surface area contributed by atoms with Gasteiger partial charge in [0.15, 0.2) is 0 Å². The summed E-state index contributed by atoms with van der Waals surface area (Å²) in [5, 5.41) is 4.27. The summed E-state index contributed by atoms with van der Waals surface area (Å²) in [6, 6.07) is 20.4. The van der Waals surface area contributed by atoms with Gasteiger partial charge in [-0.15, -0.1) is 0 Å². The molecule has 0 unspecified atom stereocenters. The van der Waals surface area contributed by atoms with E-state index >= 15 is 0 Å². The van der Waals surface area contributed by atoms with E-state index in [-0.39, 0.29) is 0 Å². The normalized spacial score (nSPS) is 10.6. The lowest BCUT2D eigenvalue weighted by atomic mass is 10.2. The molecule has 140 valence electrons. The van der Waals surface area contributed by atoms with Gasteiger partial charge in [-0.1, -0.05) is 57.9 Å². The smallest absolute Gasteiger partial charge is 0.343 e. The van der Waals surface area contributed by atoms with Crippen molar-refractivity contribution < 1.29 is 14.3 Å². The molecule has 3 aromatic carbocycles. The monoisotopic (exact) mass is 456 g/mol. The van der Waals surface area contributed by atoms with Crippen LogP contribution in [0.3, 0.4) is 0 Å². The van der Waals surface area contributed by atoms with Gasteiger partial charge in [-0.3, -0.25) is 4.79 Å². The number of hydrogen-bond donors (Lipinski definition) is 1. The molecular weight excluding hydrogens is 444 g/mol. The van der Waals surface area contributed by atoms with Crippen molar-refractivity contribution in [3.8, 4) is 5.75 Å². The van der Waals surface area contributed by atoms with Crippen molar-refractivity contribution >= 4 is 45.6 Å². The average molecular weight is 458 g/mol. The van der Waals surface area contributed by atoms with Crippen molar-refractivity contribution in [3.63, 3.8) is 0 Å². The molecule has 3 rings (SSSR count). The number of halogens is 2. The number of rotatable bonds is 5.